The lowest BCUT2D eigenvalue weighted by Gasteiger charge is -2.32. The molecule has 1 fully saturated rings. The zero-order valence-corrected chi connectivity index (χ0v) is 11.8. The minimum atomic E-state index is 0.0395. The Bertz CT molecular complexity index is 462. The smallest absolute Gasteiger partial charge is 0.188 e. The van der Waals surface area contributed by atoms with E-state index in [4.69, 9.17) is 15.7 Å². The Morgan fingerprint density at radius 1 is 1.65 bits per heavy atom. The molecule has 6 nitrogen and oxygen atoms in total. The lowest BCUT2D eigenvalue weighted by atomic mass is 10.1. The molecule has 1 atom stereocenters. The van der Waals surface area contributed by atoms with Crippen LogP contribution in [0.5, 0.6) is 0 Å². The van der Waals surface area contributed by atoms with Gasteiger partial charge < -0.3 is 15.7 Å². The fourth-order valence-corrected chi connectivity index (χ4v) is 2.55. The molecule has 3 N–H and O–H groups in total. The minimum Gasteiger partial charge on any atom is -0.409 e. The molecule has 0 radical (unpaired) electrons. The molecule has 0 amide bonds. The van der Waals surface area contributed by atoms with Crippen LogP contribution in [0, 0.1) is 0 Å². The third-order valence-corrected chi connectivity index (χ3v) is 3.47. The first-order chi connectivity index (χ1) is 9.72. The molecule has 6 heteroatoms. The SMILES string of the molecule is CCOC1CCCN(Cc2ccnc(C(N)=NO)c2)C1. The van der Waals surface area contributed by atoms with Crippen LogP contribution in [-0.4, -0.2) is 46.7 Å². The van der Waals surface area contributed by atoms with Crippen molar-refractivity contribution in [2.24, 2.45) is 10.9 Å². The van der Waals surface area contributed by atoms with Crippen LogP contribution in [0.2, 0.25) is 0 Å². The number of pyridine rings is 1. The van der Waals surface area contributed by atoms with Gasteiger partial charge in [-0.3, -0.25) is 9.88 Å². The highest BCUT2D eigenvalue weighted by molar-refractivity contribution is 5.95. The second-order valence-electron chi connectivity index (χ2n) is 4.99. The summed E-state index contributed by atoms with van der Waals surface area (Å²) in [4.78, 5) is 6.46. The second-order valence-corrected chi connectivity index (χ2v) is 4.99. The van der Waals surface area contributed by atoms with Crippen LogP contribution in [0.25, 0.3) is 0 Å². The Labute approximate surface area is 119 Å². The van der Waals surface area contributed by atoms with E-state index >= 15 is 0 Å². The Kier molecular flexibility index (Phi) is 5.31. The van der Waals surface area contributed by atoms with Crippen LogP contribution in [0.15, 0.2) is 23.5 Å². The first kappa shape index (κ1) is 14.7. The van der Waals surface area contributed by atoms with Gasteiger partial charge in [0.1, 0.15) is 5.69 Å². The molecular formula is C14H22N4O2. The van der Waals surface area contributed by atoms with Crippen molar-refractivity contribution in [3.05, 3.63) is 29.6 Å². The summed E-state index contributed by atoms with van der Waals surface area (Å²) in [5, 5.41) is 11.7. The Hall–Kier alpha value is -1.66. The van der Waals surface area contributed by atoms with Crippen molar-refractivity contribution in [3.8, 4) is 0 Å². The van der Waals surface area contributed by atoms with Gasteiger partial charge >= 0.3 is 0 Å². The van der Waals surface area contributed by atoms with Gasteiger partial charge in [-0.15, -0.1) is 0 Å². The predicted molar refractivity (Wildman–Crippen MR) is 76.7 cm³/mol. The number of hydrogen-bond acceptors (Lipinski definition) is 5. The maximum atomic E-state index is 8.69. The topological polar surface area (TPSA) is 84.0 Å². The van der Waals surface area contributed by atoms with Crippen molar-refractivity contribution in [3.63, 3.8) is 0 Å². The maximum absolute atomic E-state index is 8.69. The number of rotatable bonds is 5. The van der Waals surface area contributed by atoms with Crippen LogP contribution in [0.4, 0.5) is 0 Å². The highest BCUT2D eigenvalue weighted by Gasteiger charge is 2.20. The molecule has 110 valence electrons. The number of aromatic nitrogens is 1. The van der Waals surface area contributed by atoms with Crippen LogP contribution in [-0.2, 0) is 11.3 Å². The van der Waals surface area contributed by atoms with E-state index in [1.165, 1.54) is 0 Å². The van der Waals surface area contributed by atoms with Crippen molar-refractivity contribution >= 4 is 5.84 Å². The van der Waals surface area contributed by atoms with Gasteiger partial charge in [0.15, 0.2) is 5.84 Å². The van der Waals surface area contributed by atoms with Crippen molar-refractivity contribution in [1.82, 2.24) is 9.88 Å². The summed E-state index contributed by atoms with van der Waals surface area (Å²) in [5.74, 6) is 0.0395. The normalized spacial score (nSPS) is 21.1. The molecule has 0 bridgehead atoms. The van der Waals surface area contributed by atoms with Crippen molar-refractivity contribution in [2.75, 3.05) is 19.7 Å². The standard InChI is InChI=1S/C14H22N4O2/c1-2-20-12-4-3-7-18(10-12)9-11-5-6-16-13(8-11)14(15)17-19/h5-6,8,12,19H,2-4,7,9-10H2,1H3,(H2,15,17). The fraction of sp³-hybridized carbons (Fsp3) is 0.571. The molecule has 0 aromatic carbocycles. The van der Waals surface area contributed by atoms with Gasteiger partial charge in [0, 0.05) is 25.9 Å². The number of nitrogens with zero attached hydrogens (tertiary/aromatic N) is 3. The average molecular weight is 278 g/mol. The highest BCUT2D eigenvalue weighted by atomic mass is 16.5. The number of hydrogen-bond donors (Lipinski definition) is 2. The molecule has 1 saturated heterocycles. The van der Waals surface area contributed by atoms with E-state index < -0.39 is 0 Å². The summed E-state index contributed by atoms with van der Waals surface area (Å²) in [6.45, 7) is 5.66. The Morgan fingerprint density at radius 2 is 2.50 bits per heavy atom. The van der Waals surface area contributed by atoms with E-state index in [2.05, 4.69) is 15.0 Å². The highest BCUT2D eigenvalue weighted by Crippen LogP contribution is 2.16. The van der Waals surface area contributed by atoms with Gasteiger partial charge in [-0.2, -0.15) is 0 Å². The fourth-order valence-electron chi connectivity index (χ4n) is 2.55. The lowest BCUT2D eigenvalue weighted by molar-refractivity contribution is 0.00363. The molecule has 2 rings (SSSR count). The molecule has 1 unspecified atom stereocenters. The summed E-state index contributed by atoms with van der Waals surface area (Å²) in [6.07, 6.45) is 4.31. The van der Waals surface area contributed by atoms with E-state index in [1.807, 2.05) is 19.1 Å². The zero-order chi connectivity index (χ0) is 14.4. The molecule has 0 spiro atoms. The molecule has 0 saturated carbocycles. The first-order valence-corrected chi connectivity index (χ1v) is 6.99. The van der Waals surface area contributed by atoms with E-state index in [1.54, 1.807) is 6.20 Å². The quantitative estimate of drug-likeness (QED) is 0.366. The minimum absolute atomic E-state index is 0.0395. The number of ether oxygens (including phenoxy) is 1. The summed E-state index contributed by atoms with van der Waals surface area (Å²) < 4.78 is 5.70. The number of nitrogens with two attached hydrogens (primary N) is 1. The Balaban J connectivity index is 1.99. The second kappa shape index (κ2) is 7.21. The van der Waals surface area contributed by atoms with E-state index in [-0.39, 0.29) is 5.84 Å². The number of oxime groups is 1. The lowest BCUT2D eigenvalue weighted by Crippen LogP contribution is -2.39. The van der Waals surface area contributed by atoms with Crippen LogP contribution >= 0.6 is 0 Å². The molecule has 2 heterocycles. The first-order valence-electron chi connectivity index (χ1n) is 6.99. The molecule has 1 aliphatic rings. The zero-order valence-electron chi connectivity index (χ0n) is 11.8. The average Bonchev–Trinajstić information content (AvgIpc) is 2.47. The van der Waals surface area contributed by atoms with Crippen molar-refractivity contribution in [1.29, 1.82) is 0 Å². The maximum Gasteiger partial charge on any atom is 0.188 e. The van der Waals surface area contributed by atoms with Gasteiger partial charge in [0.05, 0.1) is 6.10 Å². The number of piperidine rings is 1. The van der Waals surface area contributed by atoms with Crippen LogP contribution in [0.1, 0.15) is 31.0 Å². The van der Waals surface area contributed by atoms with E-state index in [9.17, 15) is 0 Å². The number of amidine groups is 1. The third-order valence-electron chi connectivity index (χ3n) is 3.47. The molecule has 20 heavy (non-hydrogen) atoms. The summed E-state index contributed by atoms with van der Waals surface area (Å²) in [5.41, 5.74) is 7.17. The molecule has 0 aliphatic carbocycles. The number of likely N-dealkylation sites (tertiary alicyclic amines) is 1. The van der Waals surface area contributed by atoms with Crippen molar-refractivity contribution in [2.45, 2.75) is 32.4 Å². The summed E-state index contributed by atoms with van der Waals surface area (Å²) >= 11 is 0. The summed E-state index contributed by atoms with van der Waals surface area (Å²) in [7, 11) is 0. The molecule has 1 aromatic rings. The Morgan fingerprint density at radius 3 is 3.25 bits per heavy atom. The van der Waals surface area contributed by atoms with Crippen molar-refractivity contribution < 1.29 is 9.94 Å². The molecular weight excluding hydrogens is 256 g/mol. The van der Waals surface area contributed by atoms with Gasteiger partial charge in [0.2, 0.25) is 0 Å². The van der Waals surface area contributed by atoms with E-state index in [0.29, 0.717) is 11.8 Å². The predicted octanol–water partition coefficient (Wildman–Crippen LogP) is 1.18. The van der Waals surface area contributed by atoms with Gasteiger partial charge in [-0.25, -0.2) is 0 Å². The third kappa shape index (κ3) is 3.91. The summed E-state index contributed by atoms with van der Waals surface area (Å²) in [6, 6.07) is 3.82. The van der Waals surface area contributed by atoms with Crippen LogP contribution < -0.4 is 5.73 Å². The largest absolute Gasteiger partial charge is 0.409 e. The van der Waals surface area contributed by atoms with Gasteiger partial charge in [-0.05, 0) is 44.0 Å². The van der Waals surface area contributed by atoms with Crippen LogP contribution in [0.3, 0.4) is 0 Å². The van der Waals surface area contributed by atoms with Gasteiger partial charge in [-0.1, -0.05) is 5.16 Å². The monoisotopic (exact) mass is 278 g/mol. The van der Waals surface area contributed by atoms with Gasteiger partial charge in [0.25, 0.3) is 0 Å². The van der Waals surface area contributed by atoms with E-state index in [0.717, 1.165) is 44.6 Å². The molecule has 1 aromatic heterocycles. The molecule has 1 aliphatic heterocycles.